The second kappa shape index (κ2) is 11.4. The molecule has 50 heavy (non-hydrogen) atoms. The van der Waals surface area contributed by atoms with Gasteiger partial charge in [0.15, 0.2) is 5.82 Å². The average molecular weight is 640 g/mol. The van der Waals surface area contributed by atoms with Crippen molar-refractivity contribution in [3.05, 3.63) is 176 Å². The lowest BCUT2D eigenvalue weighted by atomic mass is 9.99. The Morgan fingerprint density at radius 3 is 1.76 bits per heavy atom. The Labute approximate surface area is 288 Å². The van der Waals surface area contributed by atoms with E-state index in [9.17, 15) is 0 Å². The maximum Gasteiger partial charge on any atom is 0.162 e. The molecule has 0 radical (unpaired) electrons. The third-order valence-corrected chi connectivity index (χ3v) is 9.63. The number of rotatable bonds is 5. The van der Waals surface area contributed by atoms with Crippen LogP contribution in [0, 0.1) is 0 Å². The zero-order valence-electron chi connectivity index (χ0n) is 27.0. The number of furan rings is 1. The van der Waals surface area contributed by atoms with Crippen LogP contribution in [-0.2, 0) is 0 Å². The van der Waals surface area contributed by atoms with Gasteiger partial charge in [-0.05, 0) is 65.7 Å². The quantitative estimate of drug-likeness (QED) is 0.188. The van der Waals surface area contributed by atoms with Gasteiger partial charge in [0.05, 0.1) is 28.1 Å². The zero-order chi connectivity index (χ0) is 33.0. The molecular formula is C46H29N3O. The van der Waals surface area contributed by atoms with Crippen LogP contribution < -0.4 is 0 Å². The van der Waals surface area contributed by atoms with Crippen molar-refractivity contribution in [3.63, 3.8) is 0 Å². The SMILES string of the molecule is c1ccc(-c2cc(-c3cccc(-c4ccc5oc6ccccc6c5c4)c3)nc(-c3ccccc3-n3c4ccccc4c4ccccc43)n2)cc1. The predicted octanol–water partition coefficient (Wildman–Crippen LogP) is 12.1. The van der Waals surface area contributed by atoms with Crippen LogP contribution in [0.2, 0.25) is 0 Å². The third kappa shape index (κ3) is 4.61. The number of aromatic nitrogens is 3. The first-order chi connectivity index (χ1) is 24.8. The van der Waals surface area contributed by atoms with Gasteiger partial charge in [-0.1, -0.05) is 121 Å². The van der Waals surface area contributed by atoms with E-state index in [1.165, 1.54) is 10.8 Å². The van der Waals surface area contributed by atoms with Crippen molar-refractivity contribution in [2.24, 2.45) is 0 Å². The van der Waals surface area contributed by atoms with E-state index in [2.05, 4.69) is 162 Å². The van der Waals surface area contributed by atoms with E-state index in [1.54, 1.807) is 0 Å². The molecule has 4 nitrogen and oxygen atoms in total. The van der Waals surface area contributed by atoms with E-state index in [-0.39, 0.29) is 0 Å². The highest BCUT2D eigenvalue weighted by molar-refractivity contribution is 6.10. The van der Waals surface area contributed by atoms with Gasteiger partial charge < -0.3 is 8.98 Å². The molecule has 0 aliphatic carbocycles. The first-order valence-electron chi connectivity index (χ1n) is 16.8. The van der Waals surface area contributed by atoms with Gasteiger partial charge in [-0.25, -0.2) is 9.97 Å². The molecule has 0 fully saturated rings. The summed E-state index contributed by atoms with van der Waals surface area (Å²) in [6.07, 6.45) is 0. The molecule has 0 N–H and O–H groups in total. The number of hydrogen-bond donors (Lipinski definition) is 0. The second-order valence-electron chi connectivity index (χ2n) is 12.6. The summed E-state index contributed by atoms with van der Waals surface area (Å²) in [5, 5.41) is 4.67. The van der Waals surface area contributed by atoms with Crippen LogP contribution in [0.25, 0.3) is 94.5 Å². The van der Waals surface area contributed by atoms with Gasteiger partial charge in [0.2, 0.25) is 0 Å². The van der Waals surface area contributed by atoms with Crippen LogP contribution in [0.3, 0.4) is 0 Å². The fourth-order valence-corrected chi connectivity index (χ4v) is 7.28. The summed E-state index contributed by atoms with van der Waals surface area (Å²) in [6.45, 7) is 0. The highest BCUT2D eigenvalue weighted by atomic mass is 16.3. The molecule has 0 bridgehead atoms. The van der Waals surface area contributed by atoms with Crippen molar-refractivity contribution >= 4 is 43.7 Å². The van der Waals surface area contributed by atoms with Crippen LogP contribution in [0.5, 0.6) is 0 Å². The highest BCUT2D eigenvalue weighted by Crippen LogP contribution is 2.38. The molecule has 0 unspecified atom stereocenters. The van der Waals surface area contributed by atoms with Gasteiger partial charge in [-0.15, -0.1) is 0 Å². The first-order valence-corrected chi connectivity index (χ1v) is 16.8. The van der Waals surface area contributed by atoms with E-state index in [0.717, 1.165) is 77.9 Å². The van der Waals surface area contributed by atoms with Crippen molar-refractivity contribution in [2.45, 2.75) is 0 Å². The van der Waals surface area contributed by atoms with Gasteiger partial charge in [0.25, 0.3) is 0 Å². The molecule has 0 amide bonds. The number of benzene rings is 7. The van der Waals surface area contributed by atoms with Crippen molar-refractivity contribution in [1.82, 2.24) is 14.5 Å². The molecule has 7 aromatic carbocycles. The Kier molecular flexibility index (Phi) is 6.46. The lowest BCUT2D eigenvalue weighted by Crippen LogP contribution is -2.01. The summed E-state index contributed by atoms with van der Waals surface area (Å²) in [7, 11) is 0. The van der Waals surface area contributed by atoms with Crippen LogP contribution in [-0.4, -0.2) is 14.5 Å². The number of fused-ring (bicyclic) bond motifs is 6. The van der Waals surface area contributed by atoms with Crippen molar-refractivity contribution in [1.29, 1.82) is 0 Å². The minimum Gasteiger partial charge on any atom is -0.456 e. The minimum atomic E-state index is 0.676. The number of hydrogen-bond acceptors (Lipinski definition) is 3. The molecule has 0 spiro atoms. The highest BCUT2D eigenvalue weighted by Gasteiger charge is 2.18. The molecule has 0 aliphatic rings. The van der Waals surface area contributed by atoms with Gasteiger partial charge in [-0.3, -0.25) is 0 Å². The van der Waals surface area contributed by atoms with Gasteiger partial charge in [0, 0.05) is 38.2 Å². The molecule has 10 rings (SSSR count). The summed E-state index contributed by atoms with van der Waals surface area (Å²) in [6, 6.07) is 61.4. The smallest absolute Gasteiger partial charge is 0.162 e. The lowest BCUT2D eigenvalue weighted by molar-refractivity contribution is 0.669. The minimum absolute atomic E-state index is 0.676. The van der Waals surface area contributed by atoms with Gasteiger partial charge in [0.1, 0.15) is 11.2 Å². The molecule has 234 valence electrons. The Morgan fingerprint density at radius 2 is 0.960 bits per heavy atom. The van der Waals surface area contributed by atoms with Crippen LogP contribution in [0.4, 0.5) is 0 Å². The average Bonchev–Trinajstić information content (AvgIpc) is 3.73. The van der Waals surface area contributed by atoms with Crippen LogP contribution in [0.15, 0.2) is 180 Å². The summed E-state index contributed by atoms with van der Waals surface area (Å²) in [4.78, 5) is 10.5. The molecule has 0 aliphatic heterocycles. The fourth-order valence-electron chi connectivity index (χ4n) is 7.28. The molecular weight excluding hydrogens is 611 g/mol. The molecule has 4 heteroatoms. The molecule has 3 heterocycles. The summed E-state index contributed by atoms with van der Waals surface area (Å²) >= 11 is 0. The van der Waals surface area contributed by atoms with E-state index >= 15 is 0 Å². The zero-order valence-corrected chi connectivity index (χ0v) is 27.0. The van der Waals surface area contributed by atoms with Gasteiger partial charge >= 0.3 is 0 Å². The molecule has 3 aromatic heterocycles. The van der Waals surface area contributed by atoms with E-state index in [0.29, 0.717) is 5.82 Å². The second-order valence-corrected chi connectivity index (χ2v) is 12.6. The molecule has 10 aromatic rings. The predicted molar refractivity (Wildman–Crippen MR) is 205 cm³/mol. The van der Waals surface area contributed by atoms with Crippen molar-refractivity contribution < 1.29 is 4.42 Å². The number of para-hydroxylation sites is 4. The molecule has 0 saturated carbocycles. The monoisotopic (exact) mass is 639 g/mol. The molecule has 0 saturated heterocycles. The summed E-state index contributed by atoms with van der Waals surface area (Å²) in [5.41, 5.74) is 12.1. The van der Waals surface area contributed by atoms with E-state index < -0.39 is 0 Å². The van der Waals surface area contributed by atoms with Crippen molar-refractivity contribution in [2.75, 3.05) is 0 Å². The number of nitrogens with zero attached hydrogens (tertiary/aromatic N) is 3. The first kappa shape index (κ1) is 28.3. The maximum absolute atomic E-state index is 6.11. The normalized spacial score (nSPS) is 11.6. The summed E-state index contributed by atoms with van der Waals surface area (Å²) in [5.74, 6) is 0.676. The largest absolute Gasteiger partial charge is 0.456 e. The van der Waals surface area contributed by atoms with Crippen LogP contribution >= 0.6 is 0 Å². The summed E-state index contributed by atoms with van der Waals surface area (Å²) < 4.78 is 8.45. The Morgan fingerprint density at radius 1 is 0.380 bits per heavy atom. The standard InChI is InChI=1S/C46H29N3O/c1-2-13-30(14-3-1)39-29-40(33-16-12-15-31(27-33)32-25-26-45-38(28-32)36-19-7-11-24-44(36)50-45)48-46(47-39)37-20-6-10-23-43(37)49-41-21-8-4-17-34(41)35-18-5-9-22-42(35)49/h1-29H. The Balaban J connectivity index is 1.16. The van der Waals surface area contributed by atoms with E-state index in [1.807, 2.05) is 18.2 Å². The Bertz CT molecular complexity index is 2830. The van der Waals surface area contributed by atoms with Crippen LogP contribution in [0.1, 0.15) is 0 Å². The van der Waals surface area contributed by atoms with Gasteiger partial charge in [-0.2, -0.15) is 0 Å². The topological polar surface area (TPSA) is 43.9 Å². The van der Waals surface area contributed by atoms with Crippen molar-refractivity contribution in [3.8, 4) is 50.7 Å². The molecule has 0 atom stereocenters. The maximum atomic E-state index is 6.11. The van der Waals surface area contributed by atoms with E-state index in [4.69, 9.17) is 14.4 Å². The lowest BCUT2D eigenvalue weighted by Gasteiger charge is -2.15. The fraction of sp³-hybridized carbons (Fsp3) is 0. The Hall–Kier alpha value is -6.78. The third-order valence-electron chi connectivity index (χ3n) is 9.63.